The van der Waals surface area contributed by atoms with Crippen LogP contribution in [0, 0.1) is 6.92 Å². The maximum atomic E-state index is 12.7. The molecule has 4 aromatic rings. The van der Waals surface area contributed by atoms with Gasteiger partial charge in [0, 0.05) is 16.1 Å². The van der Waals surface area contributed by atoms with Gasteiger partial charge in [0.1, 0.15) is 5.75 Å². The Morgan fingerprint density at radius 3 is 2.48 bits per heavy atom. The minimum atomic E-state index is -0.293. The highest BCUT2D eigenvalue weighted by molar-refractivity contribution is 6.31. The molecule has 0 bridgehead atoms. The molecular formula is C22H16ClN3O3. The van der Waals surface area contributed by atoms with Crippen LogP contribution in [0.4, 0.5) is 5.69 Å². The molecule has 1 heterocycles. The topological polar surface area (TPSA) is 77.2 Å². The molecule has 4 rings (SSSR count). The Morgan fingerprint density at radius 1 is 1.03 bits per heavy atom. The number of carbonyl (C=O) groups excluding carboxylic acids is 1. The van der Waals surface area contributed by atoms with Crippen LogP contribution in [-0.2, 0) is 0 Å². The number of ether oxygens (including phenoxy) is 1. The molecule has 0 unspecified atom stereocenters. The van der Waals surface area contributed by atoms with E-state index in [0.717, 1.165) is 5.56 Å². The van der Waals surface area contributed by atoms with Crippen LogP contribution < -0.4 is 10.1 Å². The third kappa shape index (κ3) is 4.44. The van der Waals surface area contributed by atoms with Crippen molar-refractivity contribution in [1.82, 2.24) is 10.1 Å². The highest BCUT2D eigenvalue weighted by Crippen LogP contribution is 2.32. The van der Waals surface area contributed by atoms with E-state index >= 15 is 0 Å². The van der Waals surface area contributed by atoms with E-state index in [-0.39, 0.29) is 5.91 Å². The molecule has 144 valence electrons. The third-order valence-corrected chi connectivity index (χ3v) is 4.32. The average molecular weight is 406 g/mol. The first-order valence-corrected chi connectivity index (χ1v) is 9.21. The zero-order valence-electron chi connectivity index (χ0n) is 15.4. The Labute approximate surface area is 172 Å². The van der Waals surface area contributed by atoms with E-state index in [1.165, 1.54) is 0 Å². The second kappa shape index (κ2) is 8.16. The molecule has 0 aliphatic rings. The van der Waals surface area contributed by atoms with Gasteiger partial charge in [-0.3, -0.25) is 4.79 Å². The van der Waals surface area contributed by atoms with E-state index in [1.807, 2.05) is 30.3 Å². The highest BCUT2D eigenvalue weighted by atomic mass is 35.5. The van der Waals surface area contributed by atoms with Gasteiger partial charge in [0.15, 0.2) is 11.6 Å². The fraction of sp³-hybridized carbons (Fsp3) is 0.0455. The summed E-state index contributed by atoms with van der Waals surface area (Å²) in [6, 6.07) is 21.2. The van der Waals surface area contributed by atoms with E-state index in [2.05, 4.69) is 15.5 Å². The molecule has 3 aromatic carbocycles. The fourth-order valence-electron chi connectivity index (χ4n) is 2.68. The lowest BCUT2D eigenvalue weighted by Crippen LogP contribution is -2.12. The van der Waals surface area contributed by atoms with E-state index in [0.29, 0.717) is 39.5 Å². The van der Waals surface area contributed by atoms with Crippen LogP contribution in [0.1, 0.15) is 16.2 Å². The number of aromatic nitrogens is 2. The number of halogens is 1. The Balaban J connectivity index is 1.54. The summed E-state index contributed by atoms with van der Waals surface area (Å²) in [7, 11) is 0. The number of carbonyl (C=O) groups is 1. The predicted octanol–water partition coefficient (Wildman–Crippen LogP) is 5.74. The monoisotopic (exact) mass is 405 g/mol. The summed E-state index contributed by atoms with van der Waals surface area (Å²) in [5, 5.41) is 7.11. The quantitative estimate of drug-likeness (QED) is 0.458. The summed E-state index contributed by atoms with van der Waals surface area (Å²) in [5.41, 5.74) is 1.68. The number of nitrogens with zero attached hydrogens (tertiary/aromatic N) is 2. The molecule has 29 heavy (non-hydrogen) atoms. The molecule has 1 aromatic heterocycles. The number of para-hydroxylation sites is 1. The van der Waals surface area contributed by atoms with Crippen molar-refractivity contribution >= 4 is 23.2 Å². The summed E-state index contributed by atoms with van der Waals surface area (Å²) >= 11 is 6.11. The SMILES string of the molecule is Cc1noc(-c2ccc(C(=O)Nc3cc(Cl)ccc3Oc3ccccc3)cc2)n1. The fourth-order valence-corrected chi connectivity index (χ4v) is 2.85. The molecule has 0 aliphatic heterocycles. The van der Waals surface area contributed by atoms with Crippen molar-refractivity contribution in [3.05, 3.63) is 89.2 Å². The first kappa shape index (κ1) is 18.7. The first-order valence-electron chi connectivity index (χ1n) is 8.83. The van der Waals surface area contributed by atoms with Gasteiger partial charge in [-0.05, 0) is 61.5 Å². The van der Waals surface area contributed by atoms with Crippen LogP contribution >= 0.6 is 11.6 Å². The molecule has 0 aliphatic carbocycles. The summed E-state index contributed by atoms with van der Waals surface area (Å²) in [6.07, 6.45) is 0. The van der Waals surface area contributed by atoms with E-state index in [9.17, 15) is 4.79 Å². The minimum Gasteiger partial charge on any atom is -0.455 e. The Hall–Kier alpha value is -3.64. The van der Waals surface area contributed by atoms with E-state index < -0.39 is 0 Å². The maximum absolute atomic E-state index is 12.7. The van der Waals surface area contributed by atoms with Crippen LogP contribution in [-0.4, -0.2) is 16.0 Å². The maximum Gasteiger partial charge on any atom is 0.257 e. The van der Waals surface area contributed by atoms with Crippen LogP contribution in [0.25, 0.3) is 11.5 Å². The third-order valence-electron chi connectivity index (χ3n) is 4.08. The Morgan fingerprint density at radius 2 is 1.79 bits per heavy atom. The van der Waals surface area contributed by atoms with Gasteiger partial charge in [0.2, 0.25) is 0 Å². The molecule has 0 spiro atoms. The van der Waals surface area contributed by atoms with Gasteiger partial charge in [0.25, 0.3) is 11.8 Å². The Bertz CT molecular complexity index is 1140. The van der Waals surface area contributed by atoms with Gasteiger partial charge >= 0.3 is 0 Å². The molecule has 7 heteroatoms. The van der Waals surface area contributed by atoms with Crippen molar-refractivity contribution in [2.24, 2.45) is 0 Å². The summed E-state index contributed by atoms with van der Waals surface area (Å²) in [4.78, 5) is 16.9. The van der Waals surface area contributed by atoms with Crippen LogP contribution in [0.3, 0.4) is 0 Å². The van der Waals surface area contributed by atoms with Crippen molar-refractivity contribution in [3.63, 3.8) is 0 Å². The lowest BCUT2D eigenvalue weighted by molar-refractivity contribution is 0.102. The molecule has 1 N–H and O–H groups in total. The molecule has 0 saturated carbocycles. The summed E-state index contributed by atoms with van der Waals surface area (Å²) in [6.45, 7) is 1.74. The van der Waals surface area contributed by atoms with Crippen molar-refractivity contribution in [3.8, 4) is 23.0 Å². The first-order chi connectivity index (χ1) is 14.1. The second-order valence-electron chi connectivity index (χ2n) is 6.23. The molecular weight excluding hydrogens is 390 g/mol. The molecule has 0 radical (unpaired) electrons. The standard InChI is InChI=1S/C22H16ClN3O3/c1-14-24-22(29-26-14)16-9-7-15(8-10-16)21(27)25-19-13-17(23)11-12-20(19)28-18-5-3-2-4-6-18/h2-13H,1H3,(H,25,27). The number of aryl methyl sites for hydroxylation is 1. The lowest BCUT2D eigenvalue weighted by Gasteiger charge is -2.13. The predicted molar refractivity (Wildman–Crippen MR) is 110 cm³/mol. The molecule has 6 nitrogen and oxygen atoms in total. The number of benzene rings is 3. The van der Waals surface area contributed by atoms with Crippen molar-refractivity contribution in [1.29, 1.82) is 0 Å². The number of rotatable bonds is 5. The van der Waals surface area contributed by atoms with Crippen molar-refractivity contribution < 1.29 is 14.1 Å². The number of hydrogen-bond donors (Lipinski definition) is 1. The van der Waals surface area contributed by atoms with Gasteiger partial charge in [-0.2, -0.15) is 4.98 Å². The summed E-state index contributed by atoms with van der Waals surface area (Å²) in [5.74, 6) is 1.81. The van der Waals surface area contributed by atoms with Crippen molar-refractivity contribution in [2.75, 3.05) is 5.32 Å². The number of amides is 1. The molecule has 1 amide bonds. The lowest BCUT2D eigenvalue weighted by atomic mass is 10.1. The number of anilines is 1. The molecule has 0 fully saturated rings. The van der Waals surface area contributed by atoms with Crippen LogP contribution in [0.5, 0.6) is 11.5 Å². The van der Waals surface area contributed by atoms with Gasteiger partial charge in [-0.25, -0.2) is 0 Å². The van der Waals surface area contributed by atoms with E-state index in [4.69, 9.17) is 20.9 Å². The van der Waals surface area contributed by atoms with Gasteiger partial charge < -0.3 is 14.6 Å². The Kier molecular flexibility index (Phi) is 5.27. The average Bonchev–Trinajstić information content (AvgIpc) is 3.17. The van der Waals surface area contributed by atoms with Gasteiger partial charge in [-0.1, -0.05) is 35.0 Å². The van der Waals surface area contributed by atoms with E-state index in [1.54, 1.807) is 49.4 Å². The van der Waals surface area contributed by atoms with Gasteiger partial charge in [-0.15, -0.1) is 0 Å². The minimum absolute atomic E-state index is 0.293. The number of nitrogens with one attached hydrogen (secondary N) is 1. The zero-order valence-corrected chi connectivity index (χ0v) is 16.2. The smallest absolute Gasteiger partial charge is 0.257 e. The van der Waals surface area contributed by atoms with Gasteiger partial charge in [0.05, 0.1) is 5.69 Å². The van der Waals surface area contributed by atoms with Crippen molar-refractivity contribution in [2.45, 2.75) is 6.92 Å². The number of hydrogen-bond acceptors (Lipinski definition) is 5. The molecule has 0 atom stereocenters. The highest BCUT2D eigenvalue weighted by Gasteiger charge is 2.13. The second-order valence-corrected chi connectivity index (χ2v) is 6.67. The van der Waals surface area contributed by atoms with Crippen LogP contribution in [0.2, 0.25) is 5.02 Å². The zero-order chi connectivity index (χ0) is 20.2. The normalized spacial score (nSPS) is 10.6. The largest absolute Gasteiger partial charge is 0.455 e. The summed E-state index contributed by atoms with van der Waals surface area (Å²) < 4.78 is 11.0. The molecule has 0 saturated heterocycles. The van der Waals surface area contributed by atoms with Crippen LogP contribution in [0.15, 0.2) is 77.3 Å².